The van der Waals surface area contributed by atoms with Crippen LogP contribution in [0.2, 0.25) is 0 Å². The van der Waals surface area contributed by atoms with Crippen molar-refractivity contribution in [3.8, 4) is 17.1 Å². The van der Waals surface area contributed by atoms with Crippen LogP contribution < -0.4 is 10.2 Å². The first kappa shape index (κ1) is 22.6. The molecule has 184 valence electrons. The second kappa shape index (κ2) is 8.36. The zero-order valence-corrected chi connectivity index (χ0v) is 20.7. The van der Waals surface area contributed by atoms with Gasteiger partial charge in [0, 0.05) is 17.6 Å². The van der Waals surface area contributed by atoms with Gasteiger partial charge in [-0.05, 0) is 36.8 Å². The summed E-state index contributed by atoms with van der Waals surface area (Å²) in [6, 6.07) is 17.7. The van der Waals surface area contributed by atoms with Crippen molar-refractivity contribution in [1.82, 2.24) is 14.3 Å². The van der Waals surface area contributed by atoms with E-state index in [9.17, 15) is 9.59 Å². The number of esters is 1. The van der Waals surface area contributed by atoms with Crippen molar-refractivity contribution >= 4 is 16.9 Å². The Kier molecular flexibility index (Phi) is 5.25. The van der Waals surface area contributed by atoms with Crippen molar-refractivity contribution in [2.24, 2.45) is 5.41 Å². The Labute approximate surface area is 209 Å². The van der Waals surface area contributed by atoms with Gasteiger partial charge < -0.3 is 14.0 Å². The number of fused-ring (bicyclic) bond motifs is 8. The van der Waals surface area contributed by atoms with Gasteiger partial charge in [0.2, 0.25) is 0 Å². The van der Waals surface area contributed by atoms with Crippen LogP contribution in [0.15, 0.2) is 65.6 Å². The van der Waals surface area contributed by atoms with E-state index in [1.807, 2.05) is 48.5 Å². The number of hydrogen-bond acceptors (Lipinski definition) is 5. The molecule has 0 bridgehead atoms. The minimum absolute atomic E-state index is 0.0388. The molecule has 0 N–H and O–H groups in total. The van der Waals surface area contributed by atoms with E-state index in [-0.39, 0.29) is 35.1 Å². The van der Waals surface area contributed by atoms with Crippen LogP contribution in [0.25, 0.3) is 22.3 Å². The molecule has 2 aromatic heterocycles. The van der Waals surface area contributed by atoms with E-state index < -0.39 is 5.97 Å². The Morgan fingerprint density at radius 1 is 1.14 bits per heavy atom. The number of pyridine rings is 1. The molecule has 1 aliphatic carbocycles. The summed E-state index contributed by atoms with van der Waals surface area (Å²) in [4.78, 5) is 25.7. The molecular weight excluding hydrogens is 454 g/mol. The van der Waals surface area contributed by atoms with E-state index in [1.165, 1.54) is 0 Å². The number of carbonyl (C=O) groups is 1. The first-order valence-corrected chi connectivity index (χ1v) is 12.5. The molecule has 3 heterocycles. The van der Waals surface area contributed by atoms with Gasteiger partial charge in [0.1, 0.15) is 23.4 Å². The summed E-state index contributed by atoms with van der Waals surface area (Å²) >= 11 is 0. The third kappa shape index (κ3) is 3.45. The molecule has 2 aromatic carbocycles. The van der Waals surface area contributed by atoms with Gasteiger partial charge in [-0.1, -0.05) is 56.3 Å². The van der Waals surface area contributed by atoms with Gasteiger partial charge in [0.05, 0.1) is 30.1 Å². The molecule has 2 aliphatic rings. The normalized spacial score (nSPS) is 19.4. The Hall–Kier alpha value is -3.87. The zero-order valence-electron chi connectivity index (χ0n) is 20.7. The molecule has 36 heavy (non-hydrogen) atoms. The Morgan fingerprint density at radius 3 is 2.72 bits per heavy atom. The molecule has 7 nitrogen and oxygen atoms in total. The molecule has 7 heteroatoms. The summed E-state index contributed by atoms with van der Waals surface area (Å²) in [6.45, 7) is 6.89. The lowest BCUT2D eigenvalue weighted by molar-refractivity contribution is 0.0522. The van der Waals surface area contributed by atoms with Gasteiger partial charge in [0.15, 0.2) is 5.43 Å². The van der Waals surface area contributed by atoms with Gasteiger partial charge in [-0.15, -0.1) is 0 Å². The lowest BCUT2D eigenvalue weighted by atomic mass is 9.84. The zero-order chi connectivity index (χ0) is 25.0. The van der Waals surface area contributed by atoms with Crippen molar-refractivity contribution in [2.75, 3.05) is 6.61 Å². The van der Waals surface area contributed by atoms with Gasteiger partial charge in [-0.25, -0.2) is 4.79 Å². The second-order valence-corrected chi connectivity index (χ2v) is 10.3. The molecular formula is C29H29N3O4. The van der Waals surface area contributed by atoms with Crippen LogP contribution in [0.1, 0.15) is 61.6 Å². The van der Waals surface area contributed by atoms with Crippen LogP contribution in [0.4, 0.5) is 0 Å². The van der Waals surface area contributed by atoms with Crippen LogP contribution in [0, 0.1) is 5.41 Å². The number of aromatic nitrogens is 3. The molecule has 0 radical (unpaired) electrons. The molecule has 0 amide bonds. The van der Waals surface area contributed by atoms with Gasteiger partial charge in [-0.3, -0.25) is 9.48 Å². The highest BCUT2D eigenvalue weighted by Gasteiger charge is 2.48. The number of carbonyl (C=O) groups excluding carboxylic acids is 1. The van der Waals surface area contributed by atoms with E-state index in [4.69, 9.17) is 14.6 Å². The molecule has 6 rings (SSSR count). The van der Waals surface area contributed by atoms with E-state index in [1.54, 1.807) is 19.2 Å². The predicted octanol–water partition coefficient (Wildman–Crippen LogP) is 5.54. The van der Waals surface area contributed by atoms with Gasteiger partial charge in [-0.2, -0.15) is 5.10 Å². The second-order valence-electron chi connectivity index (χ2n) is 10.3. The maximum atomic E-state index is 13.1. The fourth-order valence-corrected chi connectivity index (χ4v) is 5.94. The van der Waals surface area contributed by atoms with Crippen molar-refractivity contribution in [2.45, 2.75) is 52.3 Å². The first-order chi connectivity index (χ1) is 17.4. The fraction of sp³-hybridized carbons (Fsp3) is 0.345. The van der Waals surface area contributed by atoms with Gasteiger partial charge >= 0.3 is 5.97 Å². The minimum Gasteiger partial charge on any atom is -0.487 e. The molecule has 0 saturated heterocycles. The molecule has 2 unspecified atom stereocenters. The van der Waals surface area contributed by atoms with E-state index in [0.29, 0.717) is 12.4 Å². The van der Waals surface area contributed by atoms with Crippen molar-refractivity contribution in [3.63, 3.8) is 0 Å². The highest BCUT2D eigenvalue weighted by Crippen LogP contribution is 2.56. The molecule has 1 fully saturated rings. The summed E-state index contributed by atoms with van der Waals surface area (Å²) < 4.78 is 15.6. The first-order valence-electron chi connectivity index (χ1n) is 12.5. The number of nitrogens with zero attached hydrogens (tertiary/aromatic N) is 3. The highest BCUT2D eigenvalue weighted by molar-refractivity contribution is 5.97. The molecule has 2 atom stereocenters. The summed E-state index contributed by atoms with van der Waals surface area (Å²) in [7, 11) is 0. The summed E-state index contributed by atoms with van der Waals surface area (Å²) in [6.07, 6.45) is 3.67. The highest BCUT2D eigenvalue weighted by atomic mass is 16.5. The summed E-state index contributed by atoms with van der Waals surface area (Å²) in [5.74, 6) is 0.134. The lowest BCUT2D eigenvalue weighted by Crippen LogP contribution is -2.35. The molecule has 1 saturated carbocycles. The smallest absolute Gasteiger partial charge is 0.343 e. The monoisotopic (exact) mass is 483 g/mol. The number of benzene rings is 2. The lowest BCUT2D eigenvalue weighted by Gasteiger charge is -2.39. The molecule has 4 aromatic rings. The molecule has 1 aliphatic heterocycles. The van der Waals surface area contributed by atoms with E-state index >= 15 is 0 Å². The quantitative estimate of drug-likeness (QED) is 0.349. The van der Waals surface area contributed by atoms with Crippen molar-refractivity contribution in [1.29, 1.82) is 0 Å². The maximum absolute atomic E-state index is 13.1. The van der Waals surface area contributed by atoms with Gasteiger partial charge in [0.25, 0.3) is 0 Å². The Bertz CT molecular complexity index is 1530. The van der Waals surface area contributed by atoms with Crippen LogP contribution in [-0.2, 0) is 11.3 Å². The standard InChI is InChI=1S/C29H29N3O4/c1-4-35-28(34)20-16-31-22(15-23(20)33)26-19-11-8-12-24(36-17-18-9-6-5-7-10-18)25(19)30-32(26)21-13-14-29(2,3)27(21)31/h5-12,15-16,21,27H,4,13-14,17H2,1-3H3. The van der Waals surface area contributed by atoms with Crippen LogP contribution >= 0.6 is 0 Å². The van der Waals surface area contributed by atoms with Crippen molar-refractivity contribution < 1.29 is 14.3 Å². The maximum Gasteiger partial charge on any atom is 0.343 e. The fourth-order valence-electron chi connectivity index (χ4n) is 5.94. The van der Waals surface area contributed by atoms with Crippen LogP contribution in [-0.4, -0.2) is 26.9 Å². The topological polar surface area (TPSA) is 75.3 Å². The van der Waals surface area contributed by atoms with E-state index in [2.05, 4.69) is 23.1 Å². The third-order valence-corrected chi connectivity index (χ3v) is 7.61. The van der Waals surface area contributed by atoms with Crippen LogP contribution in [0.5, 0.6) is 5.75 Å². The largest absolute Gasteiger partial charge is 0.487 e. The summed E-state index contributed by atoms with van der Waals surface area (Å²) in [5.41, 5.74) is 3.22. The number of ether oxygens (including phenoxy) is 2. The van der Waals surface area contributed by atoms with E-state index in [0.717, 1.165) is 40.7 Å². The van der Waals surface area contributed by atoms with Crippen molar-refractivity contribution in [3.05, 3.63) is 82.1 Å². The predicted molar refractivity (Wildman–Crippen MR) is 137 cm³/mol. The molecule has 0 spiro atoms. The SMILES string of the molecule is CCOC(=O)c1cn2c(cc1=O)-c1c3cccc(OCc4ccccc4)c3nn1C1CCC(C)(C)C12. The van der Waals surface area contributed by atoms with Crippen LogP contribution in [0.3, 0.4) is 0 Å². The third-order valence-electron chi connectivity index (χ3n) is 7.61. The average Bonchev–Trinajstić information content (AvgIpc) is 3.41. The average molecular weight is 484 g/mol. The Balaban J connectivity index is 1.53. The Morgan fingerprint density at radius 2 is 1.94 bits per heavy atom. The number of rotatable bonds is 5. The minimum atomic E-state index is -0.578. The summed E-state index contributed by atoms with van der Waals surface area (Å²) in [5, 5.41) is 6.01. The number of hydrogen-bond donors (Lipinski definition) is 0.